The van der Waals surface area contributed by atoms with Crippen molar-refractivity contribution in [1.29, 1.82) is 0 Å². The second kappa shape index (κ2) is 10.4. The van der Waals surface area contributed by atoms with Gasteiger partial charge in [0.1, 0.15) is 0 Å². The van der Waals surface area contributed by atoms with E-state index in [-0.39, 0.29) is 55.1 Å². The maximum Gasteiger partial charge on any atom is 1.00 e. The number of carboxylic acids is 1. The maximum atomic E-state index is 11.7. The molecule has 0 spiro atoms. The van der Waals surface area contributed by atoms with Crippen LogP contribution in [0.2, 0.25) is 0 Å². The third kappa shape index (κ3) is 10.2. The van der Waals surface area contributed by atoms with Crippen LogP contribution in [0.4, 0.5) is 4.39 Å². The van der Waals surface area contributed by atoms with Gasteiger partial charge in [0, 0.05) is 13.5 Å². The summed E-state index contributed by atoms with van der Waals surface area (Å²) < 4.78 is 11.7. The normalized spacial score (nSPS) is 9.20. The van der Waals surface area contributed by atoms with Crippen molar-refractivity contribution in [1.82, 2.24) is 4.90 Å². The number of rotatable bonds is 7. The van der Waals surface area contributed by atoms with E-state index in [1.54, 1.807) is 0 Å². The minimum Gasteiger partial charge on any atom is -0.548 e. The molecule has 6 heteroatoms. The predicted octanol–water partition coefficient (Wildman–Crippen LogP) is -3.27. The minimum atomic E-state index is -1.27. The van der Waals surface area contributed by atoms with Gasteiger partial charge in [-0.3, -0.25) is 9.18 Å². The molecular formula is C9H15FNNaO3. The first-order valence-electron chi connectivity index (χ1n) is 4.57. The van der Waals surface area contributed by atoms with Crippen LogP contribution >= 0.6 is 0 Å². The quantitative estimate of drug-likeness (QED) is 0.338. The zero-order valence-electron chi connectivity index (χ0n) is 9.29. The fourth-order valence-corrected chi connectivity index (χ4v) is 1.02. The van der Waals surface area contributed by atoms with E-state index in [9.17, 15) is 19.1 Å². The maximum absolute atomic E-state index is 11.7. The number of unbranched alkanes of at least 4 members (excludes halogenated alkanes) is 2. The second-order valence-electron chi connectivity index (χ2n) is 3.12. The van der Waals surface area contributed by atoms with Crippen molar-refractivity contribution < 1.29 is 48.6 Å². The third-order valence-electron chi connectivity index (χ3n) is 1.82. The molecule has 82 valence electrons. The monoisotopic (exact) mass is 227 g/mol. The first-order valence-corrected chi connectivity index (χ1v) is 4.57. The fraction of sp³-hybridized carbons (Fsp3) is 0.778. The minimum absolute atomic E-state index is 0. The molecule has 0 radical (unpaired) electrons. The van der Waals surface area contributed by atoms with Crippen LogP contribution < -0.4 is 34.7 Å². The van der Waals surface area contributed by atoms with Gasteiger partial charge in [-0.1, -0.05) is 6.42 Å². The average Bonchev–Trinajstić information content (AvgIpc) is 2.11. The van der Waals surface area contributed by atoms with E-state index in [1.165, 1.54) is 7.05 Å². The zero-order valence-corrected chi connectivity index (χ0v) is 11.3. The van der Waals surface area contributed by atoms with Crippen LogP contribution in [-0.4, -0.2) is 37.0 Å². The molecule has 0 aliphatic carbocycles. The van der Waals surface area contributed by atoms with Crippen molar-refractivity contribution in [3.63, 3.8) is 0 Å². The van der Waals surface area contributed by atoms with Gasteiger partial charge in [0.15, 0.2) is 0 Å². The van der Waals surface area contributed by atoms with Gasteiger partial charge < -0.3 is 14.8 Å². The fourth-order valence-electron chi connectivity index (χ4n) is 1.02. The van der Waals surface area contributed by atoms with E-state index in [0.717, 1.165) is 4.90 Å². The van der Waals surface area contributed by atoms with Gasteiger partial charge in [-0.05, 0) is 12.8 Å². The number of aliphatic carboxylic acids is 1. The Morgan fingerprint density at radius 2 is 1.87 bits per heavy atom. The van der Waals surface area contributed by atoms with Crippen molar-refractivity contribution in [3.05, 3.63) is 0 Å². The Balaban J connectivity index is 0. The molecule has 0 heterocycles. The Morgan fingerprint density at radius 1 is 1.27 bits per heavy atom. The molecule has 0 aliphatic rings. The number of carbonyl (C=O) groups excluding carboxylic acids is 2. The molecule has 0 saturated carbocycles. The van der Waals surface area contributed by atoms with E-state index in [4.69, 9.17) is 0 Å². The number of amides is 1. The topological polar surface area (TPSA) is 60.4 Å². The molecule has 0 rings (SSSR count). The number of nitrogens with zero attached hydrogens (tertiary/aromatic N) is 1. The number of halogens is 1. The predicted molar refractivity (Wildman–Crippen MR) is 47.1 cm³/mol. The molecule has 1 amide bonds. The van der Waals surface area contributed by atoms with Crippen molar-refractivity contribution in [2.45, 2.75) is 25.7 Å². The molecule has 0 saturated heterocycles. The summed E-state index contributed by atoms with van der Waals surface area (Å²) >= 11 is 0. The Kier molecular flexibility index (Phi) is 12.0. The van der Waals surface area contributed by atoms with E-state index in [0.29, 0.717) is 19.3 Å². The molecule has 0 fully saturated rings. The van der Waals surface area contributed by atoms with Crippen LogP contribution in [0.25, 0.3) is 0 Å². The summed E-state index contributed by atoms with van der Waals surface area (Å²) in [6.07, 6.45) is 1.98. The molecule has 0 atom stereocenters. The molecule has 0 N–H and O–H groups in total. The van der Waals surface area contributed by atoms with Crippen molar-refractivity contribution in [3.8, 4) is 0 Å². The molecule has 0 aromatic heterocycles. The second-order valence-corrected chi connectivity index (χ2v) is 3.12. The Morgan fingerprint density at radius 3 is 2.33 bits per heavy atom. The molecule has 0 aliphatic heterocycles. The van der Waals surface area contributed by atoms with Gasteiger partial charge in [-0.25, -0.2) is 0 Å². The summed E-state index contributed by atoms with van der Waals surface area (Å²) in [4.78, 5) is 22.4. The van der Waals surface area contributed by atoms with Crippen molar-refractivity contribution in [2.75, 3.05) is 20.3 Å². The first-order chi connectivity index (χ1) is 6.57. The standard InChI is InChI=1S/C9H16FNO3.Na/c1-11(7-9(13)14)8(12)5-3-2-4-6-10;/h2-7H2,1H3,(H,13,14);/q;+1/p-1. The molecule has 0 aromatic carbocycles. The molecule has 15 heavy (non-hydrogen) atoms. The summed E-state index contributed by atoms with van der Waals surface area (Å²) in [5.74, 6) is -1.52. The van der Waals surface area contributed by atoms with Gasteiger partial charge >= 0.3 is 29.6 Å². The number of alkyl halides is 1. The molecule has 4 nitrogen and oxygen atoms in total. The van der Waals surface area contributed by atoms with Gasteiger partial charge in [-0.2, -0.15) is 0 Å². The van der Waals surface area contributed by atoms with Gasteiger partial charge in [0.05, 0.1) is 19.2 Å². The van der Waals surface area contributed by atoms with Crippen molar-refractivity contribution in [2.24, 2.45) is 0 Å². The number of carbonyl (C=O) groups is 2. The summed E-state index contributed by atoms with van der Waals surface area (Å²) in [5.41, 5.74) is 0. The van der Waals surface area contributed by atoms with Gasteiger partial charge in [-0.15, -0.1) is 0 Å². The Bertz CT molecular complexity index is 202. The molecule has 0 bridgehead atoms. The summed E-state index contributed by atoms with van der Waals surface area (Å²) in [6, 6.07) is 0. The number of likely N-dealkylation sites (N-methyl/N-ethyl adjacent to an activating group) is 1. The van der Waals surface area contributed by atoms with E-state index < -0.39 is 5.97 Å². The zero-order chi connectivity index (χ0) is 11.0. The smallest absolute Gasteiger partial charge is 0.548 e. The average molecular weight is 227 g/mol. The largest absolute Gasteiger partial charge is 1.00 e. The molecular weight excluding hydrogens is 212 g/mol. The molecule has 0 aromatic rings. The molecule has 0 unspecified atom stereocenters. The van der Waals surface area contributed by atoms with Gasteiger partial charge in [0.25, 0.3) is 0 Å². The first kappa shape index (κ1) is 17.3. The Hall–Kier alpha value is -0.130. The SMILES string of the molecule is CN(CC(=O)[O-])C(=O)CCCCCF.[Na+]. The van der Waals surface area contributed by atoms with Crippen LogP contribution in [0.1, 0.15) is 25.7 Å². The number of hydrogen-bond donors (Lipinski definition) is 0. The Labute approximate surface area is 111 Å². The van der Waals surface area contributed by atoms with E-state index in [2.05, 4.69) is 0 Å². The van der Waals surface area contributed by atoms with Crippen LogP contribution in [0.15, 0.2) is 0 Å². The van der Waals surface area contributed by atoms with Crippen LogP contribution in [0.3, 0.4) is 0 Å². The van der Waals surface area contributed by atoms with Crippen LogP contribution in [0.5, 0.6) is 0 Å². The van der Waals surface area contributed by atoms with Crippen LogP contribution in [-0.2, 0) is 9.59 Å². The van der Waals surface area contributed by atoms with E-state index in [1.807, 2.05) is 0 Å². The van der Waals surface area contributed by atoms with Crippen LogP contribution in [0, 0.1) is 0 Å². The third-order valence-corrected chi connectivity index (χ3v) is 1.82. The number of hydrogen-bond acceptors (Lipinski definition) is 3. The van der Waals surface area contributed by atoms with Crippen molar-refractivity contribution >= 4 is 11.9 Å². The summed E-state index contributed by atoms with van der Waals surface area (Å²) in [5, 5.41) is 10.1. The van der Waals surface area contributed by atoms with E-state index >= 15 is 0 Å². The van der Waals surface area contributed by atoms with Gasteiger partial charge in [0.2, 0.25) is 5.91 Å². The summed E-state index contributed by atoms with van der Waals surface area (Å²) in [6.45, 7) is -0.759. The summed E-state index contributed by atoms with van der Waals surface area (Å²) in [7, 11) is 1.41. The number of carboxylic acid groups (broad SMARTS) is 1.